The number of rotatable bonds is 8. The van der Waals surface area contributed by atoms with Crippen molar-refractivity contribution >= 4 is 39.0 Å². The standard InChI is InChI=1S/C24H21N3O9S/c1-14-3-9-19(27(30)31)12-22(14)37(32,33)26-17-6-4-16(5-7-17)24(29)36-15(2)23(28)25-18-8-10-20-21(11-18)35-13-34-20/h3-12,15,26H,13H2,1-2H3,(H,25,28)/t15-/m1/s1. The van der Waals surface area contributed by atoms with Gasteiger partial charge in [0.15, 0.2) is 17.6 Å². The van der Waals surface area contributed by atoms with E-state index < -0.39 is 32.9 Å². The third-order valence-electron chi connectivity index (χ3n) is 5.34. The smallest absolute Gasteiger partial charge is 0.338 e. The van der Waals surface area contributed by atoms with Crippen molar-refractivity contribution < 1.29 is 37.1 Å². The molecule has 4 rings (SSSR count). The molecule has 0 saturated heterocycles. The molecule has 0 radical (unpaired) electrons. The average molecular weight is 528 g/mol. The Hall–Kier alpha value is -4.65. The first-order chi connectivity index (χ1) is 17.5. The maximum Gasteiger partial charge on any atom is 0.338 e. The number of fused-ring (bicyclic) bond motifs is 1. The number of esters is 1. The summed E-state index contributed by atoms with van der Waals surface area (Å²) in [5.41, 5.74) is 0.605. The maximum atomic E-state index is 12.8. The Morgan fingerprint density at radius 2 is 1.68 bits per heavy atom. The van der Waals surface area contributed by atoms with Crippen molar-refractivity contribution in [1.29, 1.82) is 0 Å². The van der Waals surface area contributed by atoms with Gasteiger partial charge in [-0.3, -0.25) is 19.6 Å². The molecule has 0 bridgehead atoms. The van der Waals surface area contributed by atoms with E-state index in [0.29, 0.717) is 22.7 Å². The van der Waals surface area contributed by atoms with Gasteiger partial charge in [-0.1, -0.05) is 6.07 Å². The van der Waals surface area contributed by atoms with E-state index in [1.54, 1.807) is 18.2 Å². The second kappa shape index (κ2) is 10.1. The maximum absolute atomic E-state index is 12.8. The van der Waals surface area contributed by atoms with E-state index in [-0.39, 0.29) is 28.6 Å². The third kappa shape index (κ3) is 5.78. The van der Waals surface area contributed by atoms with Crippen molar-refractivity contribution in [2.75, 3.05) is 16.8 Å². The molecule has 192 valence electrons. The number of carbonyl (C=O) groups excluding carboxylic acids is 2. The summed E-state index contributed by atoms with van der Waals surface area (Å²) in [5.74, 6) is -0.316. The molecule has 1 aliphatic heterocycles. The van der Waals surface area contributed by atoms with Crippen molar-refractivity contribution in [1.82, 2.24) is 0 Å². The number of anilines is 2. The molecule has 12 nitrogen and oxygen atoms in total. The number of nitrogens with one attached hydrogen (secondary N) is 2. The molecule has 1 amide bonds. The van der Waals surface area contributed by atoms with Crippen LogP contribution in [0.15, 0.2) is 65.6 Å². The van der Waals surface area contributed by atoms with Gasteiger partial charge in [-0.2, -0.15) is 0 Å². The summed E-state index contributed by atoms with van der Waals surface area (Å²) in [6.45, 7) is 3.01. The summed E-state index contributed by atoms with van der Waals surface area (Å²) in [6, 6.07) is 13.7. The van der Waals surface area contributed by atoms with Crippen molar-refractivity contribution in [3.05, 3.63) is 81.9 Å². The summed E-state index contributed by atoms with van der Waals surface area (Å²) < 4.78 is 43.5. The summed E-state index contributed by atoms with van der Waals surface area (Å²) in [4.78, 5) is 35.0. The third-order valence-corrected chi connectivity index (χ3v) is 6.86. The number of amides is 1. The highest BCUT2D eigenvalue weighted by Crippen LogP contribution is 2.34. The van der Waals surface area contributed by atoms with Crippen molar-refractivity contribution in [2.45, 2.75) is 24.8 Å². The molecular weight excluding hydrogens is 506 g/mol. The Morgan fingerprint density at radius 3 is 2.38 bits per heavy atom. The zero-order chi connectivity index (χ0) is 26.7. The van der Waals surface area contributed by atoms with Crippen molar-refractivity contribution in [3.63, 3.8) is 0 Å². The van der Waals surface area contributed by atoms with Gasteiger partial charge in [-0.25, -0.2) is 13.2 Å². The molecule has 1 heterocycles. The molecule has 0 aliphatic carbocycles. The zero-order valence-corrected chi connectivity index (χ0v) is 20.4. The van der Waals surface area contributed by atoms with Crippen molar-refractivity contribution in [3.8, 4) is 11.5 Å². The predicted molar refractivity (Wildman–Crippen MR) is 131 cm³/mol. The van der Waals surface area contributed by atoms with Gasteiger partial charge in [0, 0.05) is 29.6 Å². The van der Waals surface area contributed by atoms with Crippen LogP contribution in [0.1, 0.15) is 22.8 Å². The Labute approximate surface area is 211 Å². The van der Waals surface area contributed by atoms with E-state index in [1.165, 1.54) is 50.2 Å². The van der Waals surface area contributed by atoms with Crippen LogP contribution in [-0.2, 0) is 19.6 Å². The number of hydrogen-bond acceptors (Lipinski definition) is 9. The average Bonchev–Trinajstić information content (AvgIpc) is 3.32. The van der Waals surface area contributed by atoms with E-state index in [9.17, 15) is 28.1 Å². The molecule has 3 aromatic rings. The largest absolute Gasteiger partial charge is 0.454 e. The van der Waals surface area contributed by atoms with Crippen LogP contribution in [0.5, 0.6) is 11.5 Å². The van der Waals surface area contributed by atoms with Crippen LogP contribution in [0.3, 0.4) is 0 Å². The predicted octanol–water partition coefficient (Wildman–Crippen LogP) is 3.62. The monoisotopic (exact) mass is 527 g/mol. The van der Waals surface area contributed by atoms with Crippen LogP contribution in [0.25, 0.3) is 0 Å². The molecular formula is C24H21N3O9S. The van der Waals surface area contributed by atoms with E-state index in [1.807, 2.05) is 0 Å². The minimum atomic E-state index is -4.14. The molecule has 1 atom stereocenters. The van der Waals surface area contributed by atoms with E-state index in [4.69, 9.17) is 14.2 Å². The number of benzene rings is 3. The van der Waals surface area contributed by atoms with Crippen LogP contribution in [0.4, 0.5) is 17.1 Å². The lowest BCUT2D eigenvalue weighted by Gasteiger charge is -2.14. The molecule has 0 aromatic heterocycles. The van der Waals surface area contributed by atoms with Gasteiger partial charge in [0.2, 0.25) is 6.79 Å². The number of nitrogens with zero attached hydrogens (tertiary/aromatic N) is 1. The van der Waals surface area contributed by atoms with Crippen molar-refractivity contribution in [2.24, 2.45) is 0 Å². The van der Waals surface area contributed by atoms with Gasteiger partial charge in [-0.05, 0) is 55.8 Å². The van der Waals surface area contributed by atoms with Gasteiger partial charge in [0.05, 0.1) is 15.4 Å². The van der Waals surface area contributed by atoms with Crippen LogP contribution < -0.4 is 19.5 Å². The second-order valence-corrected chi connectivity index (χ2v) is 9.65. The molecule has 37 heavy (non-hydrogen) atoms. The minimum Gasteiger partial charge on any atom is -0.454 e. The number of carbonyl (C=O) groups is 2. The number of nitro groups is 1. The summed E-state index contributed by atoms with van der Waals surface area (Å²) in [5, 5.41) is 13.6. The molecule has 3 aromatic carbocycles. The zero-order valence-electron chi connectivity index (χ0n) is 19.6. The fourth-order valence-corrected chi connectivity index (χ4v) is 4.70. The molecule has 0 saturated carbocycles. The fourth-order valence-electron chi connectivity index (χ4n) is 3.38. The van der Waals surface area contributed by atoms with Gasteiger partial charge in [-0.15, -0.1) is 0 Å². The Bertz CT molecular complexity index is 1490. The summed E-state index contributed by atoms with van der Waals surface area (Å²) in [7, 11) is -4.14. The molecule has 1 aliphatic rings. The number of ether oxygens (including phenoxy) is 3. The Kier molecular flexibility index (Phi) is 6.98. The normalized spacial score (nSPS) is 12.9. The topological polar surface area (TPSA) is 163 Å². The highest BCUT2D eigenvalue weighted by atomic mass is 32.2. The number of aryl methyl sites for hydroxylation is 1. The molecule has 2 N–H and O–H groups in total. The molecule has 0 unspecified atom stereocenters. The SMILES string of the molecule is Cc1ccc([N+](=O)[O-])cc1S(=O)(=O)Nc1ccc(C(=O)O[C@H](C)C(=O)Nc2ccc3c(c2)OCO3)cc1. The Morgan fingerprint density at radius 1 is 1.00 bits per heavy atom. The lowest BCUT2D eigenvalue weighted by molar-refractivity contribution is -0.385. The van der Waals surface area contributed by atoms with Gasteiger partial charge in [0.25, 0.3) is 21.6 Å². The van der Waals surface area contributed by atoms with Crippen LogP contribution >= 0.6 is 0 Å². The molecule has 13 heteroatoms. The summed E-state index contributed by atoms with van der Waals surface area (Å²) in [6.07, 6.45) is -1.13. The molecule has 0 fully saturated rings. The second-order valence-electron chi connectivity index (χ2n) is 7.99. The Balaban J connectivity index is 1.38. The minimum absolute atomic E-state index is 0.0807. The van der Waals surface area contributed by atoms with Crippen LogP contribution in [0, 0.1) is 17.0 Å². The quantitative estimate of drug-likeness (QED) is 0.253. The lowest BCUT2D eigenvalue weighted by atomic mass is 10.2. The van der Waals surface area contributed by atoms with Crippen LogP contribution in [-0.4, -0.2) is 38.1 Å². The first-order valence-electron chi connectivity index (χ1n) is 10.8. The van der Waals surface area contributed by atoms with E-state index in [0.717, 1.165) is 6.07 Å². The van der Waals surface area contributed by atoms with E-state index >= 15 is 0 Å². The first kappa shape index (κ1) is 25.4. The number of non-ortho nitro benzene ring substituents is 1. The highest BCUT2D eigenvalue weighted by molar-refractivity contribution is 7.92. The number of nitro benzene ring substituents is 1. The summed E-state index contributed by atoms with van der Waals surface area (Å²) >= 11 is 0. The lowest BCUT2D eigenvalue weighted by Crippen LogP contribution is -2.30. The highest BCUT2D eigenvalue weighted by Gasteiger charge is 2.23. The van der Waals surface area contributed by atoms with Gasteiger partial charge >= 0.3 is 5.97 Å². The van der Waals surface area contributed by atoms with E-state index in [2.05, 4.69) is 10.0 Å². The van der Waals surface area contributed by atoms with Crippen LogP contribution in [0.2, 0.25) is 0 Å². The van der Waals surface area contributed by atoms with Gasteiger partial charge in [0.1, 0.15) is 0 Å². The van der Waals surface area contributed by atoms with Gasteiger partial charge < -0.3 is 19.5 Å². The number of sulfonamides is 1. The number of hydrogen-bond donors (Lipinski definition) is 2. The fraction of sp³-hybridized carbons (Fsp3) is 0.167. The first-order valence-corrected chi connectivity index (χ1v) is 12.3. The molecule has 0 spiro atoms.